The Labute approximate surface area is 159 Å². The van der Waals surface area contributed by atoms with E-state index in [4.69, 9.17) is 20.8 Å². The molecule has 1 amide bonds. The molecule has 2 atom stereocenters. The van der Waals surface area contributed by atoms with E-state index in [0.717, 1.165) is 12.0 Å². The highest BCUT2D eigenvalue weighted by atomic mass is 16.6. The topological polar surface area (TPSA) is 75.4 Å². The van der Waals surface area contributed by atoms with E-state index in [1.165, 1.54) is 0 Å². The monoisotopic (exact) mass is 373 g/mol. The fraction of sp³-hybridized carbons (Fsp3) is 0.600. The molecule has 7 nitrogen and oxygen atoms in total. The van der Waals surface area contributed by atoms with Crippen LogP contribution < -0.4 is 9.84 Å². The second-order valence-electron chi connectivity index (χ2n) is 7.28. The van der Waals surface area contributed by atoms with Gasteiger partial charge >= 0.3 is 0 Å². The minimum Gasteiger partial charge on any atom is -0.853 e. The summed E-state index contributed by atoms with van der Waals surface area (Å²) >= 11 is 0. The van der Waals surface area contributed by atoms with Crippen LogP contribution in [0.1, 0.15) is 38.3 Å². The van der Waals surface area contributed by atoms with E-state index in [1.807, 2.05) is 18.7 Å². The van der Waals surface area contributed by atoms with E-state index in [-0.39, 0.29) is 25.2 Å². The van der Waals surface area contributed by atoms with Gasteiger partial charge in [-0.05, 0) is 32.4 Å². The minimum absolute atomic E-state index is 0.0908. The summed E-state index contributed by atoms with van der Waals surface area (Å²) in [5.74, 6) is 0.771. The summed E-state index contributed by atoms with van der Waals surface area (Å²) in [6, 6.07) is 4.99. The van der Waals surface area contributed by atoms with Gasteiger partial charge in [-0.15, -0.1) is 6.61 Å². The van der Waals surface area contributed by atoms with Crippen LogP contribution in [0.2, 0.25) is 0 Å². The lowest BCUT2D eigenvalue weighted by Gasteiger charge is -2.47. The average Bonchev–Trinajstić information content (AvgIpc) is 3.06. The predicted octanol–water partition coefficient (Wildman–Crippen LogP) is 1.83. The van der Waals surface area contributed by atoms with Crippen LogP contribution in [0, 0.1) is 6.57 Å². The summed E-state index contributed by atoms with van der Waals surface area (Å²) in [6.07, 6.45) is 0.923. The first kappa shape index (κ1) is 19.6. The molecule has 2 heterocycles. The number of benzene rings is 1. The van der Waals surface area contributed by atoms with Crippen molar-refractivity contribution in [3.8, 4) is 5.75 Å². The highest BCUT2D eigenvalue weighted by molar-refractivity contribution is 5.79. The van der Waals surface area contributed by atoms with E-state index in [9.17, 15) is 9.90 Å². The van der Waals surface area contributed by atoms with Gasteiger partial charge in [0, 0.05) is 25.1 Å². The van der Waals surface area contributed by atoms with E-state index in [0.29, 0.717) is 37.6 Å². The van der Waals surface area contributed by atoms with E-state index >= 15 is 0 Å². The van der Waals surface area contributed by atoms with Gasteiger partial charge in [-0.3, -0.25) is 4.79 Å². The molecular weight excluding hydrogens is 348 g/mol. The van der Waals surface area contributed by atoms with Gasteiger partial charge in [0.25, 0.3) is 0 Å². The van der Waals surface area contributed by atoms with Crippen molar-refractivity contribution >= 4 is 11.6 Å². The third-order valence-corrected chi connectivity index (χ3v) is 4.98. The molecule has 0 spiro atoms. The highest BCUT2D eigenvalue weighted by Gasteiger charge is 2.49. The fourth-order valence-electron chi connectivity index (χ4n) is 3.80. The van der Waals surface area contributed by atoms with Gasteiger partial charge in [0.2, 0.25) is 5.91 Å². The summed E-state index contributed by atoms with van der Waals surface area (Å²) in [5, 5.41) is 10.5. The lowest BCUT2D eigenvalue weighted by molar-refractivity contribution is -0.374. The Hall–Kier alpha value is -2.14. The summed E-state index contributed by atoms with van der Waals surface area (Å²) in [4.78, 5) is 17.9. The number of amides is 1. The van der Waals surface area contributed by atoms with Gasteiger partial charge in [0.1, 0.15) is 17.5 Å². The molecule has 0 unspecified atom stereocenters. The first-order valence-corrected chi connectivity index (χ1v) is 9.25. The van der Waals surface area contributed by atoms with Crippen molar-refractivity contribution in [2.75, 3.05) is 33.0 Å². The third-order valence-electron chi connectivity index (χ3n) is 4.98. The summed E-state index contributed by atoms with van der Waals surface area (Å²) < 4.78 is 17.5. The van der Waals surface area contributed by atoms with Gasteiger partial charge in [-0.25, -0.2) is 4.85 Å². The molecule has 1 saturated heterocycles. The van der Waals surface area contributed by atoms with Gasteiger partial charge in [-0.1, -0.05) is 6.07 Å². The lowest BCUT2D eigenvalue weighted by atomic mass is 9.85. The van der Waals surface area contributed by atoms with Crippen LogP contribution in [0.15, 0.2) is 18.2 Å². The zero-order valence-corrected chi connectivity index (χ0v) is 15.8. The van der Waals surface area contributed by atoms with Crippen LogP contribution in [-0.2, 0) is 14.3 Å². The van der Waals surface area contributed by atoms with Crippen LogP contribution in [0.3, 0.4) is 0 Å². The Balaban J connectivity index is 1.92. The van der Waals surface area contributed by atoms with E-state index < -0.39 is 11.7 Å². The molecule has 0 radical (unpaired) electrons. The molecule has 1 fully saturated rings. The fourth-order valence-corrected chi connectivity index (χ4v) is 3.80. The molecule has 146 valence electrons. The zero-order valence-electron chi connectivity index (χ0n) is 15.8. The molecule has 1 aromatic carbocycles. The predicted molar refractivity (Wildman–Crippen MR) is 96.5 cm³/mol. The molecule has 1 aromatic rings. The van der Waals surface area contributed by atoms with Crippen molar-refractivity contribution in [2.24, 2.45) is 0 Å². The Morgan fingerprint density at radius 3 is 2.85 bits per heavy atom. The Bertz CT molecular complexity index is 728. The van der Waals surface area contributed by atoms with Crippen LogP contribution in [-0.4, -0.2) is 55.5 Å². The number of hydrogen-bond donors (Lipinski definition) is 0. The molecule has 2 aliphatic heterocycles. The number of rotatable bonds is 7. The van der Waals surface area contributed by atoms with Crippen molar-refractivity contribution in [3.63, 3.8) is 0 Å². The Kier molecular flexibility index (Phi) is 6.00. The number of ether oxygens (including phenoxy) is 3. The molecule has 0 saturated carbocycles. The van der Waals surface area contributed by atoms with E-state index in [1.54, 1.807) is 18.2 Å². The second kappa shape index (κ2) is 8.26. The second-order valence-corrected chi connectivity index (χ2v) is 7.28. The van der Waals surface area contributed by atoms with Crippen LogP contribution >= 0.6 is 0 Å². The maximum atomic E-state index is 12.5. The molecule has 27 heavy (non-hydrogen) atoms. The summed E-state index contributed by atoms with van der Waals surface area (Å²) in [7, 11) is 0. The number of carbonyl (C=O) groups excluding carboxylic acids is 1. The summed E-state index contributed by atoms with van der Waals surface area (Å²) in [6.45, 7) is 12.3. The maximum absolute atomic E-state index is 12.5. The van der Waals surface area contributed by atoms with Gasteiger partial charge in [0.05, 0.1) is 25.8 Å². The number of carbonyl (C=O) groups is 1. The standard InChI is InChI=1S/C20H25N2O5/c1-20(2)19(26-12-11-25-10-9-23)18(22-8-4-5-17(22)24)15-13-14(21-3)6-7-16(15)27-20/h6-7,13,18-19H,4-5,8-12H2,1-2H3/q-1/t18-,19+/m1/s1. The molecule has 0 bridgehead atoms. The lowest BCUT2D eigenvalue weighted by Crippen LogP contribution is -2.55. The van der Waals surface area contributed by atoms with Crippen molar-refractivity contribution in [1.82, 2.24) is 4.90 Å². The average molecular weight is 373 g/mol. The molecule has 2 aliphatic rings. The molecule has 3 rings (SSSR count). The van der Waals surface area contributed by atoms with Gasteiger partial charge in [-0.2, -0.15) is 0 Å². The maximum Gasteiger partial charge on any atom is 0.223 e. The Morgan fingerprint density at radius 1 is 1.37 bits per heavy atom. The smallest absolute Gasteiger partial charge is 0.223 e. The molecular formula is C20H25N2O5-. The van der Waals surface area contributed by atoms with Crippen LogP contribution in [0.4, 0.5) is 5.69 Å². The normalized spacial score (nSPS) is 23.6. The first-order valence-electron chi connectivity index (χ1n) is 9.25. The largest absolute Gasteiger partial charge is 0.853 e. The van der Waals surface area contributed by atoms with E-state index in [2.05, 4.69) is 4.85 Å². The number of hydrogen-bond acceptors (Lipinski definition) is 5. The Morgan fingerprint density at radius 2 is 2.19 bits per heavy atom. The molecule has 0 aliphatic carbocycles. The molecule has 0 aromatic heterocycles. The van der Waals surface area contributed by atoms with Crippen LogP contribution in [0.5, 0.6) is 5.75 Å². The number of nitrogens with zero attached hydrogens (tertiary/aromatic N) is 2. The summed E-state index contributed by atoms with van der Waals surface area (Å²) in [5.41, 5.74) is 0.647. The highest BCUT2D eigenvalue weighted by Crippen LogP contribution is 2.46. The first-order chi connectivity index (χ1) is 13.0. The number of likely N-dealkylation sites (tertiary alicyclic amines) is 1. The molecule has 0 N–H and O–H groups in total. The molecule has 7 heteroatoms. The third kappa shape index (κ3) is 4.08. The zero-order chi connectivity index (χ0) is 19.4. The van der Waals surface area contributed by atoms with Crippen molar-refractivity contribution < 1.29 is 24.1 Å². The van der Waals surface area contributed by atoms with Crippen molar-refractivity contribution in [1.29, 1.82) is 0 Å². The van der Waals surface area contributed by atoms with Crippen molar-refractivity contribution in [2.45, 2.75) is 44.4 Å². The van der Waals surface area contributed by atoms with Crippen molar-refractivity contribution in [3.05, 3.63) is 35.2 Å². The SMILES string of the molecule is [C-]#[N+]c1ccc2c(c1)[C@@H](N1CCCC1=O)[C@H](OCCOCC[O-])C(C)(C)O2. The number of fused-ring (bicyclic) bond motifs is 1. The van der Waals surface area contributed by atoms with Gasteiger partial charge < -0.3 is 24.2 Å². The minimum atomic E-state index is -0.668. The quantitative estimate of drug-likeness (QED) is 0.538. The van der Waals surface area contributed by atoms with Gasteiger partial charge in [0.15, 0.2) is 5.69 Å². The van der Waals surface area contributed by atoms with Crippen LogP contribution in [0.25, 0.3) is 4.85 Å².